The predicted molar refractivity (Wildman–Crippen MR) is 52.3 cm³/mol. The van der Waals surface area contributed by atoms with Crippen molar-refractivity contribution in [2.24, 2.45) is 10.9 Å². The number of rotatable bonds is 6. The Morgan fingerprint density at radius 2 is 2.00 bits per heavy atom. The van der Waals surface area contributed by atoms with Gasteiger partial charge in [-0.25, -0.2) is 0 Å². The third-order valence-corrected chi connectivity index (χ3v) is 1.60. The highest BCUT2D eigenvalue weighted by molar-refractivity contribution is 5.57. The van der Waals surface area contributed by atoms with Crippen LogP contribution in [0.25, 0.3) is 0 Å². The highest BCUT2D eigenvalue weighted by atomic mass is 14.7. The summed E-state index contributed by atoms with van der Waals surface area (Å²) in [5.74, 6) is 0.755. The summed E-state index contributed by atoms with van der Waals surface area (Å²) < 4.78 is 0. The molecule has 0 fully saturated rings. The van der Waals surface area contributed by atoms with Crippen LogP contribution in [-0.4, -0.2) is 12.8 Å². The summed E-state index contributed by atoms with van der Waals surface area (Å²) >= 11 is 0. The van der Waals surface area contributed by atoms with E-state index in [4.69, 9.17) is 0 Å². The quantitative estimate of drug-likeness (QED) is 0.412. The molecule has 66 valence electrons. The van der Waals surface area contributed by atoms with Crippen molar-refractivity contribution in [3.05, 3.63) is 0 Å². The monoisotopic (exact) mass is 155 g/mol. The summed E-state index contributed by atoms with van der Waals surface area (Å²) in [5, 5.41) is 0. The molecule has 0 aromatic carbocycles. The minimum atomic E-state index is 0.755. The van der Waals surface area contributed by atoms with Crippen molar-refractivity contribution in [1.82, 2.24) is 0 Å². The SMILES string of the molecule is CCCCCN=CCC(C)C. The summed E-state index contributed by atoms with van der Waals surface area (Å²) in [6.45, 7) is 7.69. The average molecular weight is 155 g/mol. The lowest BCUT2D eigenvalue weighted by molar-refractivity contribution is 0.684. The van der Waals surface area contributed by atoms with Crippen molar-refractivity contribution < 1.29 is 0 Å². The summed E-state index contributed by atoms with van der Waals surface area (Å²) in [6, 6.07) is 0. The molecule has 0 N–H and O–H groups in total. The number of hydrogen-bond donors (Lipinski definition) is 0. The third kappa shape index (κ3) is 9.67. The fourth-order valence-electron chi connectivity index (χ4n) is 0.830. The largest absolute Gasteiger partial charge is 0.298 e. The van der Waals surface area contributed by atoms with E-state index in [0.717, 1.165) is 18.9 Å². The van der Waals surface area contributed by atoms with Gasteiger partial charge in [-0.3, -0.25) is 4.99 Å². The molecule has 0 spiro atoms. The zero-order valence-electron chi connectivity index (χ0n) is 8.14. The van der Waals surface area contributed by atoms with E-state index in [0.29, 0.717) is 0 Å². The zero-order valence-corrected chi connectivity index (χ0v) is 8.14. The van der Waals surface area contributed by atoms with Gasteiger partial charge in [0, 0.05) is 6.54 Å². The summed E-state index contributed by atoms with van der Waals surface area (Å²) in [5.41, 5.74) is 0. The van der Waals surface area contributed by atoms with Crippen LogP contribution in [0, 0.1) is 5.92 Å². The maximum atomic E-state index is 4.32. The Balaban J connectivity index is 3.03. The highest BCUT2D eigenvalue weighted by Crippen LogP contribution is 1.96. The Labute approximate surface area is 70.9 Å². The van der Waals surface area contributed by atoms with Gasteiger partial charge in [0.05, 0.1) is 0 Å². The molecular formula is C10H21N. The van der Waals surface area contributed by atoms with Gasteiger partial charge in [-0.2, -0.15) is 0 Å². The van der Waals surface area contributed by atoms with Crippen molar-refractivity contribution in [3.8, 4) is 0 Å². The van der Waals surface area contributed by atoms with Crippen molar-refractivity contribution in [3.63, 3.8) is 0 Å². The van der Waals surface area contributed by atoms with Crippen LogP contribution in [0.2, 0.25) is 0 Å². The highest BCUT2D eigenvalue weighted by Gasteiger charge is 1.87. The second-order valence-electron chi connectivity index (χ2n) is 3.43. The normalized spacial score (nSPS) is 11.6. The molecule has 0 aliphatic carbocycles. The maximum Gasteiger partial charge on any atom is 0.0385 e. The van der Waals surface area contributed by atoms with Crippen LogP contribution in [0.15, 0.2) is 4.99 Å². The van der Waals surface area contributed by atoms with Gasteiger partial charge in [0.25, 0.3) is 0 Å². The molecule has 0 aliphatic heterocycles. The third-order valence-electron chi connectivity index (χ3n) is 1.60. The average Bonchev–Trinajstić information content (AvgIpc) is 1.96. The van der Waals surface area contributed by atoms with Crippen LogP contribution in [0.3, 0.4) is 0 Å². The topological polar surface area (TPSA) is 12.4 Å². The van der Waals surface area contributed by atoms with E-state index in [1.807, 2.05) is 0 Å². The molecular weight excluding hydrogens is 134 g/mol. The molecule has 1 heteroatoms. The van der Waals surface area contributed by atoms with Gasteiger partial charge in [0.2, 0.25) is 0 Å². The molecule has 0 aromatic heterocycles. The van der Waals surface area contributed by atoms with Crippen molar-refractivity contribution in [1.29, 1.82) is 0 Å². The van der Waals surface area contributed by atoms with Gasteiger partial charge in [0.1, 0.15) is 0 Å². The lowest BCUT2D eigenvalue weighted by Gasteiger charge is -1.96. The van der Waals surface area contributed by atoms with Crippen molar-refractivity contribution >= 4 is 6.21 Å². The number of unbranched alkanes of at least 4 members (excludes halogenated alkanes) is 2. The van der Waals surface area contributed by atoms with Gasteiger partial charge in [-0.05, 0) is 25.0 Å². The molecule has 0 unspecified atom stereocenters. The van der Waals surface area contributed by atoms with E-state index in [1.54, 1.807) is 0 Å². The summed E-state index contributed by atoms with van der Waals surface area (Å²) in [7, 11) is 0. The Hall–Kier alpha value is -0.330. The molecule has 0 rings (SSSR count). The second kappa shape index (κ2) is 7.77. The molecule has 0 amide bonds. The van der Waals surface area contributed by atoms with E-state index in [2.05, 4.69) is 32.0 Å². The van der Waals surface area contributed by atoms with E-state index in [-0.39, 0.29) is 0 Å². The number of nitrogens with zero attached hydrogens (tertiary/aromatic N) is 1. The van der Waals surface area contributed by atoms with E-state index < -0.39 is 0 Å². The second-order valence-corrected chi connectivity index (χ2v) is 3.43. The van der Waals surface area contributed by atoms with Gasteiger partial charge in [-0.15, -0.1) is 0 Å². The van der Waals surface area contributed by atoms with Gasteiger partial charge in [0.15, 0.2) is 0 Å². The first-order valence-corrected chi connectivity index (χ1v) is 4.75. The van der Waals surface area contributed by atoms with E-state index in [1.165, 1.54) is 19.3 Å². The standard InChI is InChI=1S/C10H21N/c1-4-5-6-8-11-9-7-10(2)3/h9-10H,4-8H2,1-3H3. The van der Waals surface area contributed by atoms with Crippen molar-refractivity contribution in [2.45, 2.75) is 46.5 Å². The molecule has 0 aromatic rings. The Bertz CT molecular complexity index is 95.0. The summed E-state index contributed by atoms with van der Waals surface area (Å²) in [4.78, 5) is 4.32. The van der Waals surface area contributed by atoms with Gasteiger partial charge in [-0.1, -0.05) is 33.6 Å². The molecule has 0 atom stereocenters. The molecule has 0 bridgehead atoms. The zero-order chi connectivity index (χ0) is 8.53. The van der Waals surface area contributed by atoms with Crippen LogP contribution < -0.4 is 0 Å². The first kappa shape index (κ1) is 10.7. The molecule has 1 nitrogen and oxygen atoms in total. The molecule has 0 radical (unpaired) electrons. The molecule has 0 saturated heterocycles. The first-order valence-electron chi connectivity index (χ1n) is 4.75. The molecule has 0 saturated carbocycles. The van der Waals surface area contributed by atoms with Crippen LogP contribution >= 0.6 is 0 Å². The fourth-order valence-corrected chi connectivity index (χ4v) is 0.830. The molecule has 0 aliphatic rings. The lowest BCUT2D eigenvalue weighted by atomic mass is 10.1. The first-order chi connectivity index (χ1) is 5.27. The predicted octanol–water partition coefficient (Wildman–Crippen LogP) is 3.29. The van der Waals surface area contributed by atoms with Crippen LogP contribution in [0.5, 0.6) is 0 Å². The Kier molecular flexibility index (Phi) is 7.54. The molecule has 0 heterocycles. The fraction of sp³-hybridized carbons (Fsp3) is 0.900. The minimum Gasteiger partial charge on any atom is -0.298 e. The van der Waals surface area contributed by atoms with E-state index >= 15 is 0 Å². The van der Waals surface area contributed by atoms with E-state index in [9.17, 15) is 0 Å². The van der Waals surface area contributed by atoms with Crippen molar-refractivity contribution in [2.75, 3.05) is 6.54 Å². The maximum absolute atomic E-state index is 4.32. The smallest absolute Gasteiger partial charge is 0.0385 e. The van der Waals surface area contributed by atoms with Crippen LogP contribution in [-0.2, 0) is 0 Å². The molecule has 11 heavy (non-hydrogen) atoms. The lowest BCUT2D eigenvalue weighted by Crippen LogP contribution is -1.88. The van der Waals surface area contributed by atoms with Gasteiger partial charge < -0.3 is 0 Å². The Morgan fingerprint density at radius 1 is 1.27 bits per heavy atom. The number of aliphatic imine (C=N–C) groups is 1. The summed E-state index contributed by atoms with van der Waals surface area (Å²) in [6.07, 6.45) is 7.07. The Morgan fingerprint density at radius 3 is 2.55 bits per heavy atom. The number of hydrogen-bond acceptors (Lipinski definition) is 1. The van der Waals surface area contributed by atoms with Crippen LogP contribution in [0.4, 0.5) is 0 Å². The van der Waals surface area contributed by atoms with Crippen LogP contribution in [0.1, 0.15) is 46.5 Å². The van der Waals surface area contributed by atoms with Gasteiger partial charge >= 0.3 is 0 Å². The minimum absolute atomic E-state index is 0.755.